The van der Waals surface area contributed by atoms with Crippen molar-refractivity contribution in [3.05, 3.63) is 63.6 Å². The summed E-state index contributed by atoms with van der Waals surface area (Å²) in [6, 6.07) is 10.6. The van der Waals surface area contributed by atoms with Gasteiger partial charge in [-0.25, -0.2) is 0 Å². The van der Waals surface area contributed by atoms with Crippen molar-refractivity contribution in [3.63, 3.8) is 0 Å². The number of hydrogen-bond donors (Lipinski definition) is 0. The Morgan fingerprint density at radius 1 is 0.964 bits per heavy atom. The van der Waals surface area contributed by atoms with Crippen LogP contribution >= 0.6 is 23.2 Å². The number of alkyl halides is 3. The normalized spacial score (nSPS) is 15.0. The molecule has 0 N–H and O–H groups in total. The van der Waals surface area contributed by atoms with Crippen molar-refractivity contribution in [2.45, 2.75) is 19.0 Å². The molecule has 0 saturated carbocycles. The van der Waals surface area contributed by atoms with Crippen molar-refractivity contribution < 1.29 is 18.0 Å². The first-order chi connectivity index (χ1) is 13.2. The number of benzene rings is 2. The topological polar surface area (TPSA) is 23.6 Å². The van der Waals surface area contributed by atoms with Crippen molar-refractivity contribution in [1.29, 1.82) is 0 Å². The number of halogens is 5. The molecule has 3 rings (SSSR count). The summed E-state index contributed by atoms with van der Waals surface area (Å²) in [6.07, 6.45) is -3.45. The van der Waals surface area contributed by atoms with E-state index in [1.807, 2.05) is 11.0 Å². The molecule has 2 aromatic rings. The maximum absolute atomic E-state index is 12.9. The van der Waals surface area contributed by atoms with Gasteiger partial charge in [0.25, 0.3) is 0 Å². The minimum absolute atomic E-state index is 0.0229. The number of hydrogen-bond acceptors (Lipinski definition) is 2. The summed E-state index contributed by atoms with van der Waals surface area (Å²) in [7, 11) is 0. The van der Waals surface area contributed by atoms with Crippen LogP contribution in [0.5, 0.6) is 0 Å². The van der Waals surface area contributed by atoms with Crippen LogP contribution in [0.4, 0.5) is 18.9 Å². The molecule has 3 nitrogen and oxygen atoms in total. The van der Waals surface area contributed by atoms with Gasteiger partial charge in [0.2, 0.25) is 5.91 Å². The molecule has 1 aliphatic rings. The monoisotopic (exact) mass is 430 g/mol. The molecule has 0 unspecified atom stereocenters. The van der Waals surface area contributed by atoms with Crippen LogP contribution in [0.25, 0.3) is 0 Å². The van der Waals surface area contributed by atoms with Crippen molar-refractivity contribution >= 4 is 34.8 Å². The van der Waals surface area contributed by atoms with Crippen LogP contribution in [0.2, 0.25) is 10.0 Å². The zero-order valence-electron chi connectivity index (χ0n) is 15.0. The lowest BCUT2D eigenvalue weighted by molar-refractivity contribution is -0.137. The molecule has 1 fully saturated rings. The Morgan fingerprint density at radius 3 is 2.32 bits per heavy atom. The first-order valence-electron chi connectivity index (χ1n) is 8.88. The van der Waals surface area contributed by atoms with Gasteiger partial charge in [-0.2, -0.15) is 13.2 Å². The van der Waals surface area contributed by atoms with Crippen molar-refractivity contribution in [2.75, 3.05) is 31.1 Å². The van der Waals surface area contributed by atoms with Gasteiger partial charge >= 0.3 is 6.18 Å². The van der Waals surface area contributed by atoms with E-state index in [-0.39, 0.29) is 5.91 Å². The van der Waals surface area contributed by atoms with E-state index in [0.29, 0.717) is 54.8 Å². The van der Waals surface area contributed by atoms with Crippen LogP contribution in [0.15, 0.2) is 42.5 Å². The highest BCUT2D eigenvalue weighted by molar-refractivity contribution is 6.42. The van der Waals surface area contributed by atoms with Crippen molar-refractivity contribution in [2.24, 2.45) is 0 Å². The fourth-order valence-electron chi connectivity index (χ4n) is 3.20. The Balaban J connectivity index is 1.53. The smallest absolute Gasteiger partial charge is 0.368 e. The van der Waals surface area contributed by atoms with Gasteiger partial charge in [0.15, 0.2) is 0 Å². The maximum Gasteiger partial charge on any atom is 0.416 e. The lowest BCUT2D eigenvalue weighted by Crippen LogP contribution is -2.48. The summed E-state index contributed by atoms with van der Waals surface area (Å²) in [5.74, 6) is 0.0229. The molecule has 0 bridgehead atoms. The van der Waals surface area contributed by atoms with Crippen LogP contribution < -0.4 is 4.90 Å². The fourth-order valence-corrected chi connectivity index (χ4v) is 3.52. The largest absolute Gasteiger partial charge is 0.416 e. The van der Waals surface area contributed by atoms with Crippen LogP contribution in [0.3, 0.4) is 0 Å². The van der Waals surface area contributed by atoms with E-state index in [1.165, 1.54) is 6.07 Å². The number of rotatable bonds is 4. The first-order valence-corrected chi connectivity index (χ1v) is 9.63. The van der Waals surface area contributed by atoms with E-state index >= 15 is 0 Å². The average molecular weight is 431 g/mol. The van der Waals surface area contributed by atoms with Crippen LogP contribution in [0, 0.1) is 0 Å². The highest BCUT2D eigenvalue weighted by atomic mass is 35.5. The Labute approximate surface area is 171 Å². The van der Waals surface area contributed by atoms with Gasteiger partial charge in [0.05, 0.1) is 15.6 Å². The molecule has 0 radical (unpaired) electrons. The SMILES string of the molecule is O=C(CCc1ccc(Cl)c(Cl)c1)N1CCN(c2cccc(C(F)(F)F)c2)CC1. The number of amides is 1. The summed E-state index contributed by atoms with van der Waals surface area (Å²) in [6.45, 7) is 1.96. The Bertz CT molecular complexity index is 850. The molecule has 8 heteroatoms. The van der Waals surface area contributed by atoms with Gasteiger partial charge in [0.1, 0.15) is 0 Å². The predicted octanol–water partition coefficient (Wildman–Crippen LogP) is 5.29. The zero-order chi connectivity index (χ0) is 20.3. The molecule has 0 spiro atoms. The van der Waals surface area contributed by atoms with Gasteiger partial charge in [-0.3, -0.25) is 4.79 Å². The molecule has 2 aromatic carbocycles. The second kappa shape index (κ2) is 8.62. The minimum atomic E-state index is -4.36. The lowest BCUT2D eigenvalue weighted by Gasteiger charge is -2.36. The molecule has 0 aromatic heterocycles. The average Bonchev–Trinajstić information content (AvgIpc) is 2.68. The zero-order valence-corrected chi connectivity index (χ0v) is 16.5. The predicted molar refractivity (Wildman–Crippen MR) is 105 cm³/mol. The molecular weight excluding hydrogens is 412 g/mol. The summed E-state index contributed by atoms with van der Waals surface area (Å²) in [5.41, 5.74) is 0.799. The highest BCUT2D eigenvalue weighted by Crippen LogP contribution is 2.32. The third-order valence-corrected chi connectivity index (χ3v) is 5.52. The molecule has 1 heterocycles. The Hall–Kier alpha value is -1.92. The molecule has 0 atom stereocenters. The summed E-state index contributed by atoms with van der Waals surface area (Å²) < 4.78 is 38.7. The van der Waals surface area contributed by atoms with E-state index < -0.39 is 11.7 Å². The van der Waals surface area contributed by atoms with Crippen LogP contribution in [-0.2, 0) is 17.4 Å². The van der Waals surface area contributed by atoms with Gasteiger partial charge in [0, 0.05) is 38.3 Å². The number of piperazine rings is 1. The van der Waals surface area contributed by atoms with Gasteiger partial charge in [-0.15, -0.1) is 0 Å². The molecule has 0 aliphatic carbocycles. The quantitative estimate of drug-likeness (QED) is 0.657. The molecular formula is C20H19Cl2F3N2O. The van der Waals surface area contributed by atoms with Gasteiger partial charge in [-0.05, 0) is 42.3 Å². The standard InChI is InChI=1S/C20H19Cl2F3N2O/c21-17-6-4-14(12-18(17)22)5-7-19(28)27-10-8-26(9-11-27)16-3-1-2-15(13-16)20(23,24)25/h1-4,6,12-13H,5,7-11H2. The van der Waals surface area contributed by atoms with E-state index in [0.717, 1.165) is 17.7 Å². The van der Waals surface area contributed by atoms with Crippen LogP contribution in [0.1, 0.15) is 17.5 Å². The Morgan fingerprint density at radius 2 is 1.68 bits per heavy atom. The van der Waals surface area contributed by atoms with E-state index in [2.05, 4.69) is 0 Å². The van der Waals surface area contributed by atoms with E-state index in [9.17, 15) is 18.0 Å². The third kappa shape index (κ3) is 5.11. The minimum Gasteiger partial charge on any atom is -0.368 e. The van der Waals surface area contributed by atoms with Gasteiger partial charge in [-0.1, -0.05) is 35.3 Å². The second-order valence-corrected chi connectivity index (χ2v) is 7.48. The molecule has 1 amide bonds. The van der Waals surface area contributed by atoms with Crippen molar-refractivity contribution in [3.8, 4) is 0 Å². The molecule has 150 valence electrons. The molecule has 28 heavy (non-hydrogen) atoms. The maximum atomic E-state index is 12.9. The summed E-state index contributed by atoms with van der Waals surface area (Å²) in [4.78, 5) is 16.1. The number of carbonyl (C=O) groups is 1. The second-order valence-electron chi connectivity index (χ2n) is 6.66. The fraction of sp³-hybridized carbons (Fsp3) is 0.350. The first kappa shape index (κ1) is 20.8. The van der Waals surface area contributed by atoms with Gasteiger partial charge < -0.3 is 9.80 Å². The summed E-state index contributed by atoms with van der Waals surface area (Å²) in [5, 5.41) is 0.934. The molecule has 1 saturated heterocycles. The Kier molecular flexibility index (Phi) is 6.40. The van der Waals surface area contributed by atoms with E-state index in [4.69, 9.17) is 23.2 Å². The van der Waals surface area contributed by atoms with E-state index in [1.54, 1.807) is 23.1 Å². The number of aryl methyl sites for hydroxylation is 1. The lowest BCUT2D eigenvalue weighted by atomic mass is 10.1. The highest BCUT2D eigenvalue weighted by Gasteiger charge is 2.31. The summed E-state index contributed by atoms with van der Waals surface area (Å²) >= 11 is 11.9. The number of nitrogens with zero attached hydrogens (tertiary/aromatic N) is 2. The third-order valence-electron chi connectivity index (χ3n) is 4.78. The van der Waals surface area contributed by atoms with Crippen LogP contribution in [-0.4, -0.2) is 37.0 Å². The molecule has 1 aliphatic heterocycles. The number of anilines is 1. The van der Waals surface area contributed by atoms with Crippen molar-refractivity contribution in [1.82, 2.24) is 4.90 Å². The number of carbonyl (C=O) groups excluding carboxylic acids is 1.